The van der Waals surface area contributed by atoms with E-state index in [1.807, 2.05) is 17.0 Å². The molecule has 1 N–H and O–H groups in total. The highest BCUT2D eigenvalue weighted by Crippen LogP contribution is 2.37. The number of hydrogen-bond acceptors (Lipinski definition) is 8. The Kier molecular flexibility index (Phi) is 5.91. The Bertz CT molecular complexity index is 1350. The molecular weight excluding hydrogens is 499 g/mol. The molecular formula is C25H24Cl2N8O. The zero-order valence-electron chi connectivity index (χ0n) is 19.7. The molecule has 0 bridgehead atoms. The van der Waals surface area contributed by atoms with Crippen LogP contribution in [0, 0.1) is 0 Å². The number of hydrogen-bond donors (Lipinski definition) is 1. The minimum atomic E-state index is -0.297. The molecule has 4 heterocycles. The number of anilines is 5. The molecule has 0 radical (unpaired) electrons. The fraction of sp³-hybridized carbons (Fsp3) is 0.280. The van der Waals surface area contributed by atoms with Gasteiger partial charge in [-0.05, 0) is 49.5 Å². The summed E-state index contributed by atoms with van der Waals surface area (Å²) in [6.07, 6.45) is 1.55. The van der Waals surface area contributed by atoms with Crippen LogP contribution >= 0.6 is 23.2 Å². The molecule has 1 aromatic heterocycles. The lowest BCUT2D eigenvalue weighted by Gasteiger charge is -2.35. The molecule has 3 aromatic rings. The first-order valence-corrected chi connectivity index (χ1v) is 12.5. The summed E-state index contributed by atoms with van der Waals surface area (Å²) in [6, 6.07) is 13.3. The van der Waals surface area contributed by atoms with Crippen molar-refractivity contribution in [3.8, 4) is 0 Å². The van der Waals surface area contributed by atoms with Gasteiger partial charge in [-0.25, -0.2) is 9.88 Å². The van der Waals surface area contributed by atoms with Crippen LogP contribution in [0.5, 0.6) is 0 Å². The Morgan fingerprint density at radius 3 is 2.53 bits per heavy atom. The number of amides is 1. The summed E-state index contributed by atoms with van der Waals surface area (Å²) in [4.78, 5) is 35.3. The van der Waals surface area contributed by atoms with Gasteiger partial charge in [0, 0.05) is 55.3 Å². The average molecular weight is 523 g/mol. The van der Waals surface area contributed by atoms with Crippen LogP contribution in [0.2, 0.25) is 10.0 Å². The monoisotopic (exact) mass is 522 g/mol. The molecule has 9 nitrogen and oxygen atoms in total. The number of likely N-dealkylation sites (N-methyl/N-ethyl adjacent to an activating group) is 1. The van der Waals surface area contributed by atoms with Crippen LogP contribution < -0.4 is 20.0 Å². The van der Waals surface area contributed by atoms with Gasteiger partial charge in [-0.2, -0.15) is 4.98 Å². The van der Waals surface area contributed by atoms with Crippen LogP contribution in [0.3, 0.4) is 0 Å². The maximum Gasteiger partial charge on any atom is 0.270 e. The molecule has 0 atom stereocenters. The zero-order chi connectivity index (χ0) is 24.8. The van der Waals surface area contributed by atoms with Crippen LogP contribution in [-0.2, 0) is 0 Å². The maximum absolute atomic E-state index is 13.5. The van der Waals surface area contributed by atoms with E-state index >= 15 is 0 Å². The number of guanidine groups is 1. The quantitative estimate of drug-likeness (QED) is 0.551. The van der Waals surface area contributed by atoms with Gasteiger partial charge >= 0.3 is 0 Å². The molecule has 0 aliphatic carbocycles. The molecule has 0 unspecified atom stereocenters. The van der Waals surface area contributed by atoms with Crippen molar-refractivity contribution in [2.75, 3.05) is 66.3 Å². The van der Waals surface area contributed by atoms with Gasteiger partial charge in [0.15, 0.2) is 5.82 Å². The average Bonchev–Trinajstić information content (AvgIpc) is 3.37. The fourth-order valence-corrected chi connectivity index (χ4v) is 5.02. The smallest absolute Gasteiger partial charge is 0.270 e. The van der Waals surface area contributed by atoms with Gasteiger partial charge in [0.1, 0.15) is 5.56 Å². The minimum Gasteiger partial charge on any atom is -0.369 e. The molecule has 6 rings (SSSR count). The lowest BCUT2D eigenvalue weighted by molar-refractivity contribution is 0.1000. The zero-order valence-corrected chi connectivity index (χ0v) is 21.2. The molecule has 184 valence electrons. The Balaban J connectivity index is 1.26. The molecule has 36 heavy (non-hydrogen) atoms. The van der Waals surface area contributed by atoms with E-state index in [-0.39, 0.29) is 5.91 Å². The van der Waals surface area contributed by atoms with Crippen molar-refractivity contribution in [3.05, 3.63) is 64.3 Å². The van der Waals surface area contributed by atoms with Crippen molar-refractivity contribution in [2.45, 2.75) is 0 Å². The van der Waals surface area contributed by atoms with Crippen molar-refractivity contribution in [1.82, 2.24) is 14.9 Å². The third-order valence-corrected chi connectivity index (χ3v) is 7.17. The van der Waals surface area contributed by atoms with E-state index in [0.717, 1.165) is 31.9 Å². The van der Waals surface area contributed by atoms with Gasteiger partial charge in [-0.3, -0.25) is 14.7 Å². The van der Waals surface area contributed by atoms with Crippen LogP contribution in [0.15, 0.2) is 53.7 Å². The maximum atomic E-state index is 13.5. The predicted octanol–water partition coefficient (Wildman–Crippen LogP) is 4.12. The summed E-state index contributed by atoms with van der Waals surface area (Å²) in [5.74, 6) is 1.12. The SMILES string of the molecule is CN1CCN(c2ccc(Nc3ncc4c(n3)N3CCN=C3N(c3cc(Cl)ccc3Cl)C4=O)cc2)CC1. The summed E-state index contributed by atoms with van der Waals surface area (Å²) >= 11 is 12.6. The summed E-state index contributed by atoms with van der Waals surface area (Å²) in [7, 11) is 2.15. The molecule has 3 aliphatic heterocycles. The Hall–Kier alpha value is -3.40. The van der Waals surface area contributed by atoms with Crippen molar-refractivity contribution < 1.29 is 4.79 Å². The highest BCUT2D eigenvalue weighted by molar-refractivity contribution is 6.39. The number of aliphatic imine (C=N–C) groups is 1. The van der Waals surface area contributed by atoms with Gasteiger partial charge in [-0.15, -0.1) is 0 Å². The number of rotatable bonds is 4. The van der Waals surface area contributed by atoms with E-state index in [1.165, 1.54) is 10.6 Å². The van der Waals surface area contributed by atoms with Crippen LogP contribution in [0.1, 0.15) is 10.4 Å². The van der Waals surface area contributed by atoms with E-state index < -0.39 is 0 Å². The van der Waals surface area contributed by atoms with Crippen molar-refractivity contribution in [1.29, 1.82) is 0 Å². The van der Waals surface area contributed by atoms with Crippen LogP contribution in [-0.4, -0.2) is 73.1 Å². The Morgan fingerprint density at radius 1 is 0.972 bits per heavy atom. The number of nitrogens with one attached hydrogen (secondary N) is 1. The normalized spacial score (nSPS) is 17.7. The number of halogens is 2. The molecule has 0 saturated carbocycles. The van der Waals surface area contributed by atoms with Gasteiger partial charge < -0.3 is 15.1 Å². The molecule has 0 spiro atoms. The largest absolute Gasteiger partial charge is 0.369 e. The van der Waals surface area contributed by atoms with Gasteiger partial charge in [0.25, 0.3) is 5.91 Å². The number of nitrogens with zero attached hydrogens (tertiary/aromatic N) is 7. The summed E-state index contributed by atoms with van der Waals surface area (Å²) in [6.45, 7) is 5.29. The third-order valence-electron chi connectivity index (χ3n) is 6.62. The Morgan fingerprint density at radius 2 is 1.75 bits per heavy atom. The lowest BCUT2D eigenvalue weighted by atomic mass is 10.1. The highest BCUT2D eigenvalue weighted by Gasteiger charge is 2.40. The molecule has 1 fully saturated rings. The second kappa shape index (κ2) is 9.24. The first kappa shape index (κ1) is 23.0. The lowest BCUT2D eigenvalue weighted by Crippen LogP contribution is -2.51. The number of piperazine rings is 1. The summed E-state index contributed by atoms with van der Waals surface area (Å²) in [5, 5.41) is 4.15. The number of benzene rings is 2. The van der Waals surface area contributed by atoms with Gasteiger partial charge in [0.05, 0.1) is 17.3 Å². The topological polar surface area (TPSA) is 80.2 Å². The first-order valence-electron chi connectivity index (χ1n) is 11.8. The van der Waals surface area contributed by atoms with Gasteiger partial charge in [0.2, 0.25) is 11.9 Å². The minimum absolute atomic E-state index is 0.297. The Labute approximate surface area is 219 Å². The van der Waals surface area contributed by atoms with Crippen LogP contribution in [0.25, 0.3) is 0 Å². The van der Waals surface area contributed by atoms with Crippen molar-refractivity contribution in [2.24, 2.45) is 4.99 Å². The van der Waals surface area contributed by atoms with E-state index in [9.17, 15) is 4.79 Å². The second-order valence-electron chi connectivity index (χ2n) is 8.96. The van der Waals surface area contributed by atoms with Crippen molar-refractivity contribution in [3.63, 3.8) is 0 Å². The number of fused-ring (bicyclic) bond motifs is 3. The third kappa shape index (κ3) is 4.13. The fourth-order valence-electron chi connectivity index (χ4n) is 4.65. The number of aromatic nitrogens is 2. The predicted molar refractivity (Wildman–Crippen MR) is 144 cm³/mol. The standard InChI is InChI=1S/C25H24Cl2N8O/c1-32-10-12-33(13-11-32)18-5-3-17(4-6-18)30-24-29-15-19-22(31-24)34-9-8-28-25(34)35(23(19)36)21-14-16(26)2-7-20(21)27/h2-7,14-15H,8-13H2,1H3,(H,29,30,31). The first-order chi connectivity index (χ1) is 17.5. The summed E-state index contributed by atoms with van der Waals surface area (Å²) in [5.41, 5.74) is 2.93. The van der Waals surface area contributed by atoms with E-state index in [1.54, 1.807) is 24.4 Å². The van der Waals surface area contributed by atoms with Gasteiger partial charge in [-0.1, -0.05) is 23.2 Å². The van der Waals surface area contributed by atoms with E-state index in [2.05, 4.69) is 44.3 Å². The number of carbonyl (C=O) groups is 1. The number of carbonyl (C=O) groups excluding carboxylic acids is 1. The summed E-state index contributed by atoms with van der Waals surface area (Å²) < 4.78 is 0. The molecule has 1 saturated heterocycles. The second-order valence-corrected chi connectivity index (χ2v) is 9.81. The molecule has 2 aromatic carbocycles. The van der Waals surface area contributed by atoms with E-state index in [4.69, 9.17) is 28.2 Å². The molecule has 1 amide bonds. The van der Waals surface area contributed by atoms with Crippen LogP contribution in [0.4, 0.5) is 28.8 Å². The van der Waals surface area contributed by atoms with Crippen molar-refractivity contribution >= 4 is 63.9 Å². The highest BCUT2D eigenvalue weighted by atomic mass is 35.5. The molecule has 3 aliphatic rings. The van der Waals surface area contributed by atoms with E-state index in [0.29, 0.717) is 52.1 Å². The molecule has 11 heteroatoms.